The molecule has 0 saturated carbocycles. The molecule has 17 heavy (non-hydrogen) atoms. The summed E-state index contributed by atoms with van der Waals surface area (Å²) in [6.45, 7) is 3.71. The largest absolute Gasteiger partial charge is 0.464 e. The molecule has 2 N–H and O–H groups in total. The molecule has 1 aliphatic rings. The molecule has 1 amide bonds. The third-order valence-corrected chi connectivity index (χ3v) is 4.13. The number of rotatable bonds is 3. The SMILES string of the molecule is Cc1ccc(C(C)NC(=O)C2(O)CCSC2)o1. The van der Waals surface area contributed by atoms with Gasteiger partial charge in [-0.25, -0.2) is 0 Å². The van der Waals surface area contributed by atoms with Crippen LogP contribution in [0.25, 0.3) is 0 Å². The van der Waals surface area contributed by atoms with E-state index in [0.29, 0.717) is 17.9 Å². The number of carbonyl (C=O) groups is 1. The first-order valence-electron chi connectivity index (χ1n) is 5.69. The van der Waals surface area contributed by atoms with Crippen molar-refractivity contribution >= 4 is 17.7 Å². The number of aryl methyl sites for hydroxylation is 1. The standard InChI is InChI=1S/C12H17NO3S/c1-8-3-4-10(16-8)9(2)13-11(14)12(15)5-6-17-7-12/h3-4,9,15H,5-7H2,1-2H3,(H,13,14). The third-order valence-electron chi connectivity index (χ3n) is 2.96. The Morgan fingerprint density at radius 1 is 1.65 bits per heavy atom. The van der Waals surface area contributed by atoms with Crippen LogP contribution >= 0.6 is 11.8 Å². The predicted octanol–water partition coefficient (Wildman–Crippen LogP) is 1.63. The number of carbonyl (C=O) groups excluding carboxylic acids is 1. The molecule has 0 aromatic carbocycles. The van der Waals surface area contributed by atoms with E-state index in [4.69, 9.17) is 4.42 Å². The average Bonchev–Trinajstić information content (AvgIpc) is 2.88. The zero-order valence-electron chi connectivity index (χ0n) is 10.0. The van der Waals surface area contributed by atoms with Gasteiger partial charge in [0.15, 0.2) is 5.60 Å². The lowest BCUT2D eigenvalue weighted by atomic mass is 10.0. The summed E-state index contributed by atoms with van der Waals surface area (Å²) in [5.74, 6) is 2.53. The molecule has 94 valence electrons. The molecule has 1 aromatic heterocycles. The third kappa shape index (κ3) is 2.66. The monoisotopic (exact) mass is 255 g/mol. The molecule has 4 nitrogen and oxygen atoms in total. The molecular weight excluding hydrogens is 238 g/mol. The van der Waals surface area contributed by atoms with Crippen LogP contribution in [0.1, 0.15) is 30.9 Å². The van der Waals surface area contributed by atoms with Crippen LogP contribution < -0.4 is 5.32 Å². The second-order valence-electron chi connectivity index (χ2n) is 4.48. The molecule has 0 spiro atoms. The number of thioether (sulfide) groups is 1. The van der Waals surface area contributed by atoms with Gasteiger partial charge in [0.2, 0.25) is 0 Å². The van der Waals surface area contributed by atoms with Crippen LogP contribution in [0.3, 0.4) is 0 Å². The van der Waals surface area contributed by atoms with Gasteiger partial charge in [0, 0.05) is 5.75 Å². The molecule has 1 fully saturated rings. The highest BCUT2D eigenvalue weighted by Gasteiger charge is 2.40. The average molecular weight is 255 g/mol. The van der Waals surface area contributed by atoms with Gasteiger partial charge in [-0.2, -0.15) is 11.8 Å². The van der Waals surface area contributed by atoms with Gasteiger partial charge in [0.25, 0.3) is 5.91 Å². The molecule has 1 aromatic rings. The minimum Gasteiger partial charge on any atom is -0.464 e. The Labute approximate surface area is 105 Å². The number of nitrogens with one attached hydrogen (secondary N) is 1. The van der Waals surface area contributed by atoms with Crippen molar-refractivity contribution < 1.29 is 14.3 Å². The van der Waals surface area contributed by atoms with Crippen molar-refractivity contribution in [2.45, 2.75) is 31.9 Å². The summed E-state index contributed by atoms with van der Waals surface area (Å²) in [4.78, 5) is 11.9. The highest BCUT2D eigenvalue weighted by atomic mass is 32.2. The first-order chi connectivity index (χ1) is 8.01. The summed E-state index contributed by atoms with van der Waals surface area (Å²) in [6, 6.07) is 3.48. The van der Waals surface area contributed by atoms with Gasteiger partial charge < -0.3 is 14.8 Å². The van der Waals surface area contributed by atoms with Crippen molar-refractivity contribution in [3.8, 4) is 0 Å². The fraction of sp³-hybridized carbons (Fsp3) is 0.583. The second-order valence-corrected chi connectivity index (χ2v) is 5.58. The summed E-state index contributed by atoms with van der Waals surface area (Å²) < 4.78 is 5.44. The zero-order chi connectivity index (χ0) is 12.5. The summed E-state index contributed by atoms with van der Waals surface area (Å²) in [5, 5.41) is 12.9. The smallest absolute Gasteiger partial charge is 0.253 e. The Morgan fingerprint density at radius 3 is 2.94 bits per heavy atom. The van der Waals surface area contributed by atoms with E-state index in [0.717, 1.165) is 11.5 Å². The highest BCUT2D eigenvalue weighted by Crippen LogP contribution is 2.28. The van der Waals surface area contributed by atoms with Crippen molar-refractivity contribution in [1.82, 2.24) is 5.32 Å². The number of hydrogen-bond acceptors (Lipinski definition) is 4. The summed E-state index contributed by atoms with van der Waals surface area (Å²) in [5.41, 5.74) is -1.21. The van der Waals surface area contributed by atoms with Crippen molar-refractivity contribution in [3.63, 3.8) is 0 Å². The number of hydrogen-bond donors (Lipinski definition) is 2. The maximum Gasteiger partial charge on any atom is 0.253 e. The van der Waals surface area contributed by atoms with Gasteiger partial charge in [-0.3, -0.25) is 4.79 Å². The van der Waals surface area contributed by atoms with Crippen LogP contribution in [0, 0.1) is 6.92 Å². The fourth-order valence-electron chi connectivity index (χ4n) is 1.82. The van der Waals surface area contributed by atoms with Crippen LogP contribution in [-0.4, -0.2) is 28.1 Å². The molecular formula is C12H17NO3S. The van der Waals surface area contributed by atoms with Crippen LogP contribution in [0.5, 0.6) is 0 Å². The maximum atomic E-state index is 11.9. The summed E-state index contributed by atoms with van der Waals surface area (Å²) >= 11 is 1.60. The summed E-state index contributed by atoms with van der Waals surface area (Å²) in [6.07, 6.45) is 0.521. The van der Waals surface area contributed by atoms with E-state index in [1.54, 1.807) is 11.8 Å². The Morgan fingerprint density at radius 2 is 2.41 bits per heavy atom. The van der Waals surface area contributed by atoms with E-state index >= 15 is 0 Å². The van der Waals surface area contributed by atoms with E-state index in [9.17, 15) is 9.90 Å². The molecule has 2 rings (SSSR count). The van der Waals surface area contributed by atoms with E-state index in [-0.39, 0.29) is 11.9 Å². The summed E-state index contributed by atoms with van der Waals surface area (Å²) in [7, 11) is 0. The Kier molecular flexibility index (Phi) is 3.49. The molecule has 2 unspecified atom stereocenters. The van der Waals surface area contributed by atoms with Crippen LogP contribution in [0.15, 0.2) is 16.5 Å². The lowest BCUT2D eigenvalue weighted by Crippen LogP contribution is -2.47. The number of amides is 1. The van der Waals surface area contributed by atoms with Crippen LogP contribution in [0.2, 0.25) is 0 Å². The Bertz CT molecular complexity index is 410. The lowest BCUT2D eigenvalue weighted by Gasteiger charge is -2.22. The van der Waals surface area contributed by atoms with E-state index in [1.165, 1.54) is 0 Å². The first kappa shape index (κ1) is 12.5. The van der Waals surface area contributed by atoms with E-state index in [1.807, 2.05) is 26.0 Å². The molecule has 2 atom stereocenters. The van der Waals surface area contributed by atoms with E-state index < -0.39 is 5.60 Å². The molecule has 5 heteroatoms. The zero-order valence-corrected chi connectivity index (χ0v) is 10.8. The van der Waals surface area contributed by atoms with E-state index in [2.05, 4.69) is 5.32 Å². The van der Waals surface area contributed by atoms with Gasteiger partial charge >= 0.3 is 0 Å². The molecule has 1 aliphatic heterocycles. The number of aliphatic hydroxyl groups is 1. The van der Waals surface area contributed by atoms with Crippen molar-refractivity contribution in [3.05, 3.63) is 23.7 Å². The van der Waals surface area contributed by atoms with Crippen LogP contribution in [-0.2, 0) is 4.79 Å². The van der Waals surface area contributed by atoms with Gasteiger partial charge in [-0.15, -0.1) is 0 Å². The fourth-order valence-corrected chi connectivity index (χ4v) is 3.06. The topological polar surface area (TPSA) is 62.5 Å². The minimum absolute atomic E-state index is 0.217. The van der Waals surface area contributed by atoms with Crippen molar-refractivity contribution in [2.75, 3.05) is 11.5 Å². The van der Waals surface area contributed by atoms with Crippen molar-refractivity contribution in [2.24, 2.45) is 0 Å². The maximum absolute atomic E-state index is 11.9. The molecule has 0 bridgehead atoms. The highest BCUT2D eigenvalue weighted by molar-refractivity contribution is 7.99. The number of furan rings is 1. The first-order valence-corrected chi connectivity index (χ1v) is 6.84. The minimum atomic E-state index is -1.21. The van der Waals surface area contributed by atoms with Gasteiger partial charge in [-0.1, -0.05) is 0 Å². The van der Waals surface area contributed by atoms with Gasteiger partial charge in [0.05, 0.1) is 6.04 Å². The van der Waals surface area contributed by atoms with Gasteiger partial charge in [0.1, 0.15) is 11.5 Å². The second kappa shape index (κ2) is 4.74. The quantitative estimate of drug-likeness (QED) is 0.862. The lowest BCUT2D eigenvalue weighted by molar-refractivity contribution is -0.138. The van der Waals surface area contributed by atoms with Crippen LogP contribution in [0.4, 0.5) is 0 Å². The molecule has 0 radical (unpaired) electrons. The van der Waals surface area contributed by atoms with Crippen molar-refractivity contribution in [1.29, 1.82) is 0 Å². The normalized spacial score (nSPS) is 25.8. The molecule has 0 aliphatic carbocycles. The Hall–Kier alpha value is -0.940. The molecule has 1 saturated heterocycles. The molecule has 2 heterocycles. The predicted molar refractivity (Wildman–Crippen MR) is 66.9 cm³/mol. The Balaban J connectivity index is 1.99. The van der Waals surface area contributed by atoms with Gasteiger partial charge in [-0.05, 0) is 38.2 Å².